The number of benzene rings is 1. The largest absolute Gasteiger partial charge is 0.363 e. The molecular formula is C11H13F2N. The second-order valence-corrected chi connectivity index (χ2v) is 3.87. The number of rotatable bonds is 1. The fourth-order valence-electron chi connectivity index (χ4n) is 1.98. The van der Waals surface area contributed by atoms with Crippen molar-refractivity contribution in [3.63, 3.8) is 0 Å². The quantitative estimate of drug-likeness (QED) is 0.669. The molecule has 0 radical (unpaired) electrons. The first-order chi connectivity index (χ1) is 6.58. The van der Waals surface area contributed by atoms with Crippen molar-refractivity contribution in [3.05, 3.63) is 30.3 Å². The van der Waals surface area contributed by atoms with Gasteiger partial charge in [-0.3, -0.25) is 0 Å². The van der Waals surface area contributed by atoms with Crippen LogP contribution in [-0.4, -0.2) is 18.5 Å². The number of hydrogen-bond acceptors (Lipinski definition) is 1. The molecule has 0 aromatic heterocycles. The molecule has 3 heteroatoms. The first-order valence-electron chi connectivity index (χ1n) is 4.78. The third-order valence-corrected chi connectivity index (χ3v) is 2.62. The summed E-state index contributed by atoms with van der Waals surface area (Å²) in [5, 5.41) is 0. The van der Waals surface area contributed by atoms with Gasteiger partial charge >= 0.3 is 0 Å². The van der Waals surface area contributed by atoms with Gasteiger partial charge in [0.25, 0.3) is 5.92 Å². The highest BCUT2D eigenvalue weighted by atomic mass is 19.3. The Kier molecular flexibility index (Phi) is 2.17. The van der Waals surface area contributed by atoms with Crippen LogP contribution in [0.15, 0.2) is 30.3 Å². The summed E-state index contributed by atoms with van der Waals surface area (Å²) in [7, 11) is 0. The molecule has 1 aliphatic rings. The standard InChI is InChI=1S/C11H13F2N/c1-9-7-11(12,13)8-14(9)10-5-3-2-4-6-10/h2-6,9H,7-8H2,1H3. The molecule has 1 unspecified atom stereocenters. The topological polar surface area (TPSA) is 3.24 Å². The van der Waals surface area contributed by atoms with E-state index >= 15 is 0 Å². The zero-order chi connectivity index (χ0) is 10.2. The highest BCUT2D eigenvalue weighted by molar-refractivity contribution is 5.48. The molecule has 1 atom stereocenters. The number of nitrogens with zero attached hydrogens (tertiary/aromatic N) is 1. The van der Waals surface area contributed by atoms with Crippen molar-refractivity contribution in [1.82, 2.24) is 0 Å². The van der Waals surface area contributed by atoms with Crippen LogP contribution in [0.3, 0.4) is 0 Å². The summed E-state index contributed by atoms with van der Waals surface area (Å²) in [4.78, 5) is 1.76. The van der Waals surface area contributed by atoms with E-state index in [0.29, 0.717) is 0 Å². The van der Waals surface area contributed by atoms with Crippen LogP contribution in [-0.2, 0) is 0 Å². The van der Waals surface area contributed by atoms with Crippen LogP contribution in [0.25, 0.3) is 0 Å². The van der Waals surface area contributed by atoms with Crippen LogP contribution in [0.1, 0.15) is 13.3 Å². The molecule has 1 heterocycles. The van der Waals surface area contributed by atoms with Crippen molar-refractivity contribution in [2.24, 2.45) is 0 Å². The molecule has 76 valence electrons. The molecule has 1 saturated heterocycles. The third-order valence-electron chi connectivity index (χ3n) is 2.62. The lowest BCUT2D eigenvalue weighted by Crippen LogP contribution is -2.28. The predicted octanol–water partition coefficient (Wildman–Crippen LogP) is 2.92. The van der Waals surface area contributed by atoms with Crippen molar-refractivity contribution in [2.45, 2.75) is 25.3 Å². The monoisotopic (exact) mass is 197 g/mol. The van der Waals surface area contributed by atoms with Crippen LogP contribution < -0.4 is 4.90 Å². The minimum Gasteiger partial charge on any atom is -0.363 e. The number of para-hydroxylation sites is 1. The van der Waals surface area contributed by atoms with Crippen LogP contribution in [0, 0.1) is 0 Å². The maximum absolute atomic E-state index is 13.1. The van der Waals surface area contributed by atoms with Gasteiger partial charge in [-0.25, -0.2) is 8.78 Å². The van der Waals surface area contributed by atoms with E-state index < -0.39 is 5.92 Å². The van der Waals surface area contributed by atoms with Gasteiger partial charge in [-0.1, -0.05) is 18.2 Å². The molecule has 2 rings (SSSR count). The number of anilines is 1. The number of halogens is 2. The second kappa shape index (κ2) is 3.23. The van der Waals surface area contributed by atoms with Crippen molar-refractivity contribution >= 4 is 5.69 Å². The molecule has 1 fully saturated rings. The summed E-state index contributed by atoms with van der Waals surface area (Å²) >= 11 is 0. The molecule has 0 bridgehead atoms. The Labute approximate surface area is 82.3 Å². The Hall–Kier alpha value is -1.12. The summed E-state index contributed by atoms with van der Waals surface area (Å²) in [6.07, 6.45) is -0.0398. The molecule has 1 nitrogen and oxygen atoms in total. The van der Waals surface area contributed by atoms with E-state index in [1.54, 1.807) is 4.90 Å². The van der Waals surface area contributed by atoms with Crippen molar-refractivity contribution in [1.29, 1.82) is 0 Å². The average Bonchev–Trinajstić information content (AvgIpc) is 2.41. The van der Waals surface area contributed by atoms with Crippen LogP contribution >= 0.6 is 0 Å². The third kappa shape index (κ3) is 1.72. The lowest BCUT2D eigenvalue weighted by atomic mass is 10.2. The van der Waals surface area contributed by atoms with Crippen LogP contribution in [0.4, 0.5) is 14.5 Å². The van der Waals surface area contributed by atoms with Gasteiger partial charge in [0.15, 0.2) is 0 Å². The van der Waals surface area contributed by atoms with E-state index in [1.165, 1.54) is 0 Å². The summed E-state index contributed by atoms with van der Waals surface area (Å²) in [6, 6.07) is 9.31. The first kappa shape index (κ1) is 9.44. The van der Waals surface area contributed by atoms with Crippen molar-refractivity contribution < 1.29 is 8.78 Å². The SMILES string of the molecule is CC1CC(F)(F)CN1c1ccccc1. The van der Waals surface area contributed by atoms with E-state index in [4.69, 9.17) is 0 Å². The van der Waals surface area contributed by atoms with E-state index in [1.807, 2.05) is 37.3 Å². The second-order valence-electron chi connectivity index (χ2n) is 3.87. The summed E-state index contributed by atoms with van der Waals surface area (Å²) in [5.41, 5.74) is 0.886. The van der Waals surface area contributed by atoms with Gasteiger partial charge in [-0.15, -0.1) is 0 Å². The smallest absolute Gasteiger partial charge is 0.267 e. The fourth-order valence-corrected chi connectivity index (χ4v) is 1.98. The molecule has 1 aromatic rings. The maximum atomic E-state index is 13.1. The molecule has 1 aliphatic heterocycles. The molecule has 0 N–H and O–H groups in total. The van der Waals surface area contributed by atoms with Gasteiger partial charge in [-0.2, -0.15) is 0 Å². The van der Waals surface area contributed by atoms with E-state index in [9.17, 15) is 8.78 Å². The minimum absolute atomic E-state index is 0.0398. The Morgan fingerprint density at radius 3 is 2.43 bits per heavy atom. The van der Waals surface area contributed by atoms with Gasteiger partial charge in [0.05, 0.1) is 6.54 Å². The molecule has 1 aromatic carbocycles. The average molecular weight is 197 g/mol. The van der Waals surface area contributed by atoms with Gasteiger partial charge in [0.1, 0.15) is 0 Å². The van der Waals surface area contributed by atoms with Crippen LogP contribution in [0.2, 0.25) is 0 Å². The highest BCUT2D eigenvalue weighted by Crippen LogP contribution is 2.34. The zero-order valence-corrected chi connectivity index (χ0v) is 8.08. The Bertz CT molecular complexity index is 310. The van der Waals surface area contributed by atoms with Gasteiger partial charge in [-0.05, 0) is 19.1 Å². The zero-order valence-electron chi connectivity index (χ0n) is 8.08. The molecule has 0 spiro atoms. The normalized spacial score (nSPS) is 25.4. The van der Waals surface area contributed by atoms with Gasteiger partial charge in [0, 0.05) is 18.2 Å². The lowest BCUT2D eigenvalue weighted by molar-refractivity contribution is 0.0230. The van der Waals surface area contributed by atoms with Crippen molar-refractivity contribution in [3.8, 4) is 0 Å². The fraction of sp³-hybridized carbons (Fsp3) is 0.455. The van der Waals surface area contributed by atoms with E-state index in [-0.39, 0.29) is 19.0 Å². The van der Waals surface area contributed by atoms with E-state index in [0.717, 1.165) is 5.69 Å². The Morgan fingerprint density at radius 1 is 1.29 bits per heavy atom. The summed E-state index contributed by atoms with van der Waals surface area (Å²) < 4.78 is 26.2. The Balaban J connectivity index is 2.21. The minimum atomic E-state index is -2.53. The van der Waals surface area contributed by atoms with Gasteiger partial charge < -0.3 is 4.90 Å². The molecule has 0 aliphatic carbocycles. The molecule has 0 amide bonds. The number of hydrogen-bond donors (Lipinski definition) is 0. The summed E-state index contributed by atoms with van der Waals surface area (Å²) in [6.45, 7) is 1.69. The maximum Gasteiger partial charge on any atom is 0.267 e. The first-order valence-corrected chi connectivity index (χ1v) is 4.78. The lowest BCUT2D eigenvalue weighted by Gasteiger charge is -2.22. The molecular weight excluding hydrogens is 184 g/mol. The molecule has 0 saturated carbocycles. The molecule has 14 heavy (non-hydrogen) atoms. The predicted molar refractivity (Wildman–Crippen MR) is 52.8 cm³/mol. The van der Waals surface area contributed by atoms with E-state index in [2.05, 4.69) is 0 Å². The highest BCUT2D eigenvalue weighted by Gasteiger charge is 2.42. The van der Waals surface area contributed by atoms with Crippen molar-refractivity contribution in [2.75, 3.05) is 11.4 Å². The summed E-state index contributed by atoms with van der Waals surface area (Å²) in [5.74, 6) is -2.53. The number of alkyl halides is 2. The Morgan fingerprint density at radius 2 is 1.93 bits per heavy atom. The van der Waals surface area contributed by atoms with Crippen LogP contribution in [0.5, 0.6) is 0 Å². The van der Waals surface area contributed by atoms with Gasteiger partial charge in [0.2, 0.25) is 0 Å².